The van der Waals surface area contributed by atoms with Crippen LogP contribution >= 0.6 is 24.4 Å². The van der Waals surface area contributed by atoms with Crippen molar-refractivity contribution in [2.45, 2.75) is 4.90 Å². The van der Waals surface area contributed by atoms with Crippen molar-refractivity contribution in [1.29, 1.82) is 0 Å². The molecule has 0 spiro atoms. The van der Waals surface area contributed by atoms with Crippen LogP contribution in [0.2, 0.25) is 0 Å². The molecule has 0 radical (unpaired) electrons. The molecule has 1 aromatic rings. The minimum Gasteiger partial charge on any atom is -0.398 e. The molecule has 0 aromatic heterocycles. The Labute approximate surface area is 82.5 Å². The van der Waals surface area contributed by atoms with Gasteiger partial charge in [-0.1, -0.05) is 18.7 Å². The van der Waals surface area contributed by atoms with E-state index in [4.69, 9.17) is 5.73 Å². The van der Waals surface area contributed by atoms with E-state index in [1.54, 1.807) is 11.8 Å². The molecule has 1 nitrogen and oxygen atoms in total. The molecule has 0 aliphatic carbocycles. The highest BCUT2D eigenvalue weighted by Gasteiger charge is 1.97. The van der Waals surface area contributed by atoms with Gasteiger partial charge in [-0.3, -0.25) is 0 Å². The zero-order valence-electron chi connectivity index (χ0n) is 6.66. The Morgan fingerprint density at radius 1 is 1.50 bits per heavy atom. The van der Waals surface area contributed by atoms with Crippen LogP contribution in [0.3, 0.4) is 0 Å². The van der Waals surface area contributed by atoms with Crippen molar-refractivity contribution in [3.8, 4) is 0 Å². The summed E-state index contributed by atoms with van der Waals surface area (Å²) in [4.78, 5) is 1.95. The Kier molecular flexibility index (Phi) is 3.56. The van der Waals surface area contributed by atoms with E-state index in [-0.39, 0.29) is 0 Å². The molecule has 0 aliphatic heterocycles. The maximum atomic E-state index is 5.73. The lowest BCUT2D eigenvalue weighted by atomic mass is 10.3. The van der Waals surface area contributed by atoms with Crippen LogP contribution < -0.4 is 5.73 Å². The molecule has 2 N–H and O–H groups in total. The fraction of sp³-hybridized carbons (Fsp3) is 0.111. The van der Waals surface area contributed by atoms with Crippen molar-refractivity contribution in [1.82, 2.24) is 0 Å². The van der Waals surface area contributed by atoms with Gasteiger partial charge in [-0.05, 0) is 17.0 Å². The van der Waals surface area contributed by atoms with E-state index in [9.17, 15) is 0 Å². The first kappa shape index (κ1) is 9.55. The smallest absolute Gasteiger partial charge is 0.0452 e. The van der Waals surface area contributed by atoms with Gasteiger partial charge >= 0.3 is 0 Å². The van der Waals surface area contributed by atoms with Gasteiger partial charge in [0.1, 0.15) is 0 Å². The molecule has 0 unspecified atom stereocenters. The molecule has 0 heterocycles. The van der Waals surface area contributed by atoms with Gasteiger partial charge < -0.3 is 5.73 Å². The van der Waals surface area contributed by atoms with Crippen molar-refractivity contribution >= 4 is 30.1 Å². The monoisotopic (exact) mass is 197 g/mol. The van der Waals surface area contributed by atoms with Crippen LogP contribution in [0.1, 0.15) is 0 Å². The first-order valence-electron chi connectivity index (χ1n) is 3.54. The number of nitrogen functional groups attached to an aromatic ring is 1. The molecule has 1 aromatic carbocycles. The summed E-state index contributed by atoms with van der Waals surface area (Å²) >= 11 is 5.76. The predicted molar refractivity (Wildman–Crippen MR) is 59.7 cm³/mol. The molecule has 0 amide bonds. The number of para-hydroxylation sites is 1. The Balaban J connectivity index is 2.63. The molecule has 12 heavy (non-hydrogen) atoms. The zero-order chi connectivity index (χ0) is 8.97. The molecule has 0 saturated carbocycles. The molecule has 3 heteroatoms. The van der Waals surface area contributed by atoms with Crippen molar-refractivity contribution in [3.05, 3.63) is 35.7 Å². The van der Waals surface area contributed by atoms with Crippen LogP contribution in [0.25, 0.3) is 0 Å². The van der Waals surface area contributed by atoms with Gasteiger partial charge in [-0.15, -0.1) is 24.4 Å². The van der Waals surface area contributed by atoms with Crippen molar-refractivity contribution in [2.24, 2.45) is 0 Å². The Hall–Kier alpha value is -0.540. The Morgan fingerprint density at radius 2 is 2.17 bits per heavy atom. The lowest BCUT2D eigenvalue weighted by molar-refractivity contribution is 1.46. The van der Waals surface area contributed by atoms with E-state index in [1.165, 1.54) is 0 Å². The van der Waals surface area contributed by atoms with E-state index in [2.05, 4.69) is 19.2 Å². The normalized spacial score (nSPS) is 9.75. The summed E-state index contributed by atoms with van der Waals surface area (Å²) in [5.41, 5.74) is 6.55. The minimum atomic E-state index is 0.803. The van der Waals surface area contributed by atoms with Gasteiger partial charge in [0.2, 0.25) is 0 Å². The minimum absolute atomic E-state index is 0.803. The second kappa shape index (κ2) is 4.48. The highest BCUT2D eigenvalue weighted by atomic mass is 32.2. The summed E-state index contributed by atoms with van der Waals surface area (Å²) in [5.74, 6) is 0.803. The average Bonchev–Trinajstić information content (AvgIpc) is 2.03. The van der Waals surface area contributed by atoms with Crippen molar-refractivity contribution in [2.75, 3.05) is 11.5 Å². The number of benzene rings is 1. The van der Waals surface area contributed by atoms with Gasteiger partial charge in [0.25, 0.3) is 0 Å². The van der Waals surface area contributed by atoms with E-state index >= 15 is 0 Å². The quantitative estimate of drug-likeness (QED) is 0.443. The number of rotatable bonds is 3. The highest BCUT2D eigenvalue weighted by Crippen LogP contribution is 2.26. The Bertz CT molecular complexity index is 284. The number of anilines is 1. The molecule has 1 rings (SSSR count). The number of thiol groups is 1. The summed E-state index contributed by atoms with van der Waals surface area (Å²) in [5, 5.41) is 0. The molecule has 0 aliphatic rings. The first-order valence-corrected chi connectivity index (χ1v) is 4.97. The van der Waals surface area contributed by atoms with Gasteiger partial charge in [-0.25, -0.2) is 0 Å². The second-order valence-electron chi connectivity index (χ2n) is 2.39. The van der Waals surface area contributed by atoms with E-state index in [1.807, 2.05) is 24.3 Å². The van der Waals surface area contributed by atoms with Crippen LogP contribution in [-0.2, 0) is 0 Å². The molecule has 0 fully saturated rings. The van der Waals surface area contributed by atoms with Crippen LogP contribution in [0, 0.1) is 0 Å². The summed E-state index contributed by atoms with van der Waals surface area (Å²) in [7, 11) is 0. The predicted octanol–water partition coefficient (Wildman–Crippen LogP) is 2.80. The van der Waals surface area contributed by atoms with E-state index in [0.717, 1.165) is 21.2 Å². The van der Waals surface area contributed by atoms with Gasteiger partial charge in [0.05, 0.1) is 0 Å². The van der Waals surface area contributed by atoms with Crippen LogP contribution in [0.5, 0.6) is 0 Å². The van der Waals surface area contributed by atoms with E-state index < -0.39 is 0 Å². The third-order valence-electron chi connectivity index (χ3n) is 1.31. The summed E-state index contributed by atoms with van der Waals surface area (Å²) in [6.07, 6.45) is 0. The fourth-order valence-electron chi connectivity index (χ4n) is 0.773. The number of hydrogen-bond acceptors (Lipinski definition) is 3. The maximum absolute atomic E-state index is 5.73. The lowest BCUT2D eigenvalue weighted by Crippen LogP contribution is -1.87. The number of hydrogen-bond donors (Lipinski definition) is 2. The van der Waals surface area contributed by atoms with Crippen LogP contribution in [0.4, 0.5) is 5.69 Å². The topological polar surface area (TPSA) is 26.0 Å². The average molecular weight is 197 g/mol. The second-order valence-corrected chi connectivity index (χ2v) is 4.04. The lowest BCUT2D eigenvalue weighted by Gasteiger charge is -2.03. The third-order valence-corrected chi connectivity index (χ3v) is 2.86. The molecule has 0 saturated heterocycles. The molecule has 64 valence electrons. The van der Waals surface area contributed by atoms with Gasteiger partial charge in [0, 0.05) is 16.3 Å². The molecular formula is C9H11NS2. The SMILES string of the molecule is C=C(S)CSc1ccccc1N. The standard InChI is InChI=1S/C9H11NS2/c1-7(11)6-12-9-5-3-2-4-8(9)10/h2-5,11H,1,6,10H2. The molecule has 0 atom stereocenters. The summed E-state index contributed by atoms with van der Waals surface area (Å²) in [6, 6.07) is 7.79. The zero-order valence-corrected chi connectivity index (χ0v) is 8.37. The first-order chi connectivity index (χ1) is 5.70. The van der Waals surface area contributed by atoms with Crippen LogP contribution in [0.15, 0.2) is 40.6 Å². The summed E-state index contributed by atoms with van der Waals surface area (Å²) in [6.45, 7) is 3.70. The fourth-order valence-corrected chi connectivity index (χ4v) is 1.70. The van der Waals surface area contributed by atoms with Crippen LogP contribution in [-0.4, -0.2) is 5.75 Å². The largest absolute Gasteiger partial charge is 0.398 e. The highest BCUT2D eigenvalue weighted by molar-refractivity contribution is 8.00. The third kappa shape index (κ3) is 2.83. The van der Waals surface area contributed by atoms with E-state index in [0.29, 0.717) is 0 Å². The summed E-state index contributed by atoms with van der Waals surface area (Å²) < 4.78 is 0. The molecular weight excluding hydrogens is 186 g/mol. The van der Waals surface area contributed by atoms with Crippen molar-refractivity contribution < 1.29 is 0 Å². The number of thioether (sulfide) groups is 1. The van der Waals surface area contributed by atoms with Crippen molar-refractivity contribution in [3.63, 3.8) is 0 Å². The maximum Gasteiger partial charge on any atom is 0.0452 e. The van der Waals surface area contributed by atoms with Gasteiger partial charge in [-0.2, -0.15) is 0 Å². The molecule has 0 bridgehead atoms. The Morgan fingerprint density at radius 3 is 2.75 bits per heavy atom. The van der Waals surface area contributed by atoms with Gasteiger partial charge in [0.15, 0.2) is 0 Å². The number of nitrogens with two attached hydrogens (primary N) is 1.